The van der Waals surface area contributed by atoms with Gasteiger partial charge in [-0.05, 0) is 48.0 Å². The van der Waals surface area contributed by atoms with E-state index in [9.17, 15) is 4.79 Å². The molecule has 0 unspecified atom stereocenters. The topological polar surface area (TPSA) is 48.4 Å². The van der Waals surface area contributed by atoms with Crippen LogP contribution in [0.1, 0.15) is 17.0 Å². The zero-order valence-electron chi connectivity index (χ0n) is 17.2. The minimum absolute atomic E-state index is 0.450. The third kappa shape index (κ3) is 7.17. The van der Waals surface area contributed by atoms with Crippen LogP contribution in [-0.4, -0.2) is 24.7 Å². The zero-order chi connectivity index (χ0) is 22.9. The van der Waals surface area contributed by atoms with Gasteiger partial charge in [0.25, 0.3) is 0 Å². The van der Waals surface area contributed by atoms with Crippen LogP contribution in [0.15, 0.2) is 65.6 Å². The van der Waals surface area contributed by atoms with E-state index in [2.05, 4.69) is 9.72 Å². The van der Waals surface area contributed by atoms with Crippen LogP contribution < -0.4 is 4.74 Å². The maximum atomic E-state index is 11.6. The van der Waals surface area contributed by atoms with E-state index in [1.807, 2.05) is 36.4 Å². The maximum Gasteiger partial charge on any atom is 0.330 e. The summed E-state index contributed by atoms with van der Waals surface area (Å²) in [6, 6.07) is 16.7. The van der Waals surface area contributed by atoms with Crippen LogP contribution in [-0.2, 0) is 21.7 Å². The van der Waals surface area contributed by atoms with Crippen LogP contribution in [0.5, 0.6) is 5.75 Å². The number of aromatic nitrogens is 1. The minimum atomic E-state index is -0.471. The first-order valence-corrected chi connectivity index (χ1v) is 11.8. The predicted octanol–water partition coefficient (Wildman–Crippen LogP) is 7.14. The number of esters is 1. The second-order valence-corrected chi connectivity index (χ2v) is 8.84. The SMILES string of the molecule is COC(=O)/C=C/c1nc(CSc2c(Cl)cccc2Cl)ccc1OCCc1ccc(Cl)cc1. The Labute approximate surface area is 206 Å². The number of ether oxygens (including phenoxy) is 2. The van der Waals surface area contributed by atoms with Gasteiger partial charge in [0.05, 0.1) is 29.5 Å². The quantitative estimate of drug-likeness (QED) is 0.175. The van der Waals surface area contributed by atoms with Crippen molar-refractivity contribution in [2.75, 3.05) is 13.7 Å². The van der Waals surface area contributed by atoms with E-state index >= 15 is 0 Å². The van der Waals surface area contributed by atoms with Crippen LogP contribution in [0.25, 0.3) is 6.08 Å². The third-order valence-electron chi connectivity index (χ3n) is 4.37. The number of nitrogens with zero attached hydrogens (tertiary/aromatic N) is 1. The molecule has 0 N–H and O–H groups in total. The molecule has 0 spiro atoms. The zero-order valence-corrected chi connectivity index (χ0v) is 20.3. The Morgan fingerprint density at radius 1 is 1.03 bits per heavy atom. The summed E-state index contributed by atoms with van der Waals surface area (Å²) in [5, 5.41) is 1.88. The number of thioether (sulfide) groups is 1. The summed E-state index contributed by atoms with van der Waals surface area (Å²) in [5.41, 5.74) is 2.44. The molecule has 1 aromatic heterocycles. The highest BCUT2D eigenvalue weighted by Crippen LogP contribution is 2.35. The van der Waals surface area contributed by atoms with Gasteiger partial charge in [0.2, 0.25) is 0 Å². The Hall–Kier alpha value is -2.18. The molecular weight excluding hydrogens is 489 g/mol. The first-order valence-electron chi connectivity index (χ1n) is 9.66. The number of hydrogen-bond acceptors (Lipinski definition) is 5. The molecule has 0 bridgehead atoms. The van der Waals surface area contributed by atoms with Crippen molar-refractivity contribution >= 4 is 58.6 Å². The molecule has 8 heteroatoms. The summed E-state index contributed by atoms with van der Waals surface area (Å²) in [6.45, 7) is 0.450. The Morgan fingerprint density at radius 3 is 2.44 bits per heavy atom. The summed E-state index contributed by atoms with van der Waals surface area (Å²) in [7, 11) is 1.32. The number of halogens is 3. The molecule has 3 aromatic rings. The highest BCUT2D eigenvalue weighted by atomic mass is 35.5. The summed E-state index contributed by atoms with van der Waals surface area (Å²) in [5.74, 6) is 0.651. The Morgan fingerprint density at radius 2 is 1.75 bits per heavy atom. The monoisotopic (exact) mass is 507 g/mol. The molecule has 32 heavy (non-hydrogen) atoms. The van der Waals surface area contributed by atoms with Gasteiger partial charge in [-0.1, -0.05) is 53.0 Å². The fourth-order valence-electron chi connectivity index (χ4n) is 2.74. The second kappa shape index (κ2) is 12.2. The van der Waals surface area contributed by atoms with Gasteiger partial charge < -0.3 is 9.47 Å². The van der Waals surface area contributed by atoms with Gasteiger partial charge in [-0.15, -0.1) is 11.8 Å². The number of pyridine rings is 1. The van der Waals surface area contributed by atoms with Gasteiger partial charge in [-0.25, -0.2) is 9.78 Å². The summed E-state index contributed by atoms with van der Waals surface area (Å²) >= 11 is 19.9. The Bertz CT molecular complexity index is 1080. The lowest BCUT2D eigenvalue weighted by Crippen LogP contribution is -2.04. The lowest BCUT2D eigenvalue weighted by atomic mass is 10.2. The van der Waals surface area contributed by atoms with Crippen molar-refractivity contribution in [1.82, 2.24) is 4.98 Å². The number of hydrogen-bond donors (Lipinski definition) is 0. The van der Waals surface area contributed by atoms with Crippen LogP contribution >= 0.6 is 46.6 Å². The highest BCUT2D eigenvalue weighted by molar-refractivity contribution is 7.98. The fraction of sp³-hybridized carbons (Fsp3) is 0.167. The van der Waals surface area contributed by atoms with Crippen molar-refractivity contribution in [2.24, 2.45) is 0 Å². The summed E-state index contributed by atoms with van der Waals surface area (Å²) < 4.78 is 10.6. The number of rotatable bonds is 9. The molecule has 0 saturated carbocycles. The van der Waals surface area contributed by atoms with E-state index in [0.29, 0.717) is 45.3 Å². The molecule has 0 saturated heterocycles. The third-order valence-corrected chi connectivity index (χ3v) is 6.64. The summed E-state index contributed by atoms with van der Waals surface area (Å²) in [6.07, 6.45) is 3.61. The van der Waals surface area contributed by atoms with Crippen molar-refractivity contribution in [1.29, 1.82) is 0 Å². The molecule has 0 amide bonds. The number of carbonyl (C=O) groups excluding carboxylic acids is 1. The molecule has 0 aliphatic heterocycles. The summed E-state index contributed by atoms with van der Waals surface area (Å²) in [4.78, 5) is 17.0. The predicted molar refractivity (Wildman–Crippen MR) is 132 cm³/mol. The smallest absolute Gasteiger partial charge is 0.330 e. The van der Waals surface area contributed by atoms with Crippen LogP contribution in [0.4, 0.5) is 0 Å². The van der Waals surface area contributed by atoms with Gasteiger partial charge >= 0.3 is 5.97 Å². The average Bonchev–Trinajstić information content (AvgIpc) is 2.79. The number of benzene rings is 2. The van der Waals surface area contributed by atoms with Gasteiger partial charge in [-0.3, -0.25) is 0 Å². The van der Waals surface area contributed by atoms with E-state index in [4.69, 9.17) is 39.5 Å². The Balaban J connectivity index is 1.73. The lowest BCUT2D eigenvalue weighted by Gasteiger charge is -2.11. The minimum Gasteiger partial charge on any atom is -0.491 e. The first kappa shape index (κ1) is 24.5. The van der Waals surface area contributed by atoms with E-state index in [-0.39, 0.29) is 0 Å². The number of carbonyl (C=O) groups is 1. The molecule has 166 valence electrons. The van der Waals surface area contributed by atoms with Crippen molar-refractivity contribution in [3.05, 3.63) is 92.7 Å². The molecule has 2 aromatic carbocycles. The lowest BCUT2D eigenvalue weighted by molar-refractivity contribution is -0.134. The normalized spacial score (nSPS) is 11.0. The van der Waals surface area contributed by atoms with Crippen LogP contribution in [0.3, 0.4) is 0 Å². The molecule has 3 rings (SSSR count). The van der Waals surface area contributed by atoms with E-state index in [1.54, 1.807) is 24.3 Å². The molecule has 0 radical (unpaired) electrons. The van der Waals surface area contributed by atoms with E-state index < -0.39 is 5.97 Å². The standard InChI is InChI=1S/C24H20Cl3NO3S/c1-30-23(29)12-10-21-22(31-14-13-16-5-7-17(25)8-6-16)11-9-18(28-21)15-32-24-19(26)3-2-4-20(24)27/h2-12H,13-15H2,1H3/b12-10+. The van der Waals surface area contributed by atoms with Crippen molar-refractivity contribution in [3.8, 4) is 5.75 Å². The average molecular weight is 509 g/mol. The first-order chi connectivity index (χ1) is 15.5. The molecular formula is C24H20Cl3NO3S. The largest absolute Gasteiger partial charge is 0.491 e. The Kier molecular flexibility index (Phi) is 9.30. The fourth-order valence-corrected chi connectivity index (χ4v) is 4.45. The second-order valence-electron chi connectivity index (χ2n) is 6.61. The van der Waals surface area contributed by atoms with Gasteiger partial charge in [0.15, 0.2) is 0 Å². The molecule has 4 nitrogen and oxygen atoms in total. The van der Waals surface area contributed by atoms with Gasteiger partial charge in [0.1, 0.15) is 11.4 Å². The van der Waals surface area contributed by atoms with Crippen molar-refractivity contribution < 1.29 is 14.3 Å². The van der Waals surface area contributed by atoms with Crippen molar-refractivity contribution in [3.63, 3.8) is 0 Å². The van der Waals surface area contributed by atoms with Crippen LogP contribution in [0, 0.1) is 0 Å². The molecule has 0 aliphatic carbocycles. The van der Waals surface area contributed by atoms with E-state index in [1.165, 1.54) is 24.9 Å². The molecule has 0 atom stereocenters. The molecule has 1 heterocycles. The van der Waals surface area contributed by atoms with Gasteiger partial charge in [-0.2, -0.15) is 0 Å². The maximum absolute atomic E-state index is 11.6. The van der Waals surface area contributed by atoms with Crippen molar-refractivity contribution in [2.45, 2.75) is 17.1 Å². The van der Waals surface area contributed by atoms with Crippen LogP contribution in [0.2, 0.25) is 15.1 Å². The van der Waals surface area contributed by atoms with E-state index in [0.717, 1.165) is 16.2 Å². The molecule has 0 aliphatic rings. The highest BCUT2D eigenvalue weighted by Gasteiger charge is 2.10. The number of methoxy groups -OCH3 is 1. The molecule has 0 fully saturated rings. The van der Waals surface area contributed by atoms with Gasteiger partial charge in [0, 0.05) is 28.2 Å².